The van der Waals surface area contributed by atoms with Crippen LogP contribution < -0.4 is 0 Å². The van der Waals surface area contributed by atoms with Gasteiger partial charge in [-0.15, -0.1) is 0 Å². The molecule has 0 fully saturated rings. The lowest BCUT2D eigenvalue weighted by molar-refractivity contribution is -0.167. The predicted molar refractivity (Wildman–Crippen MR) is 311 cm³/mol. The molecule has 0 aliphatic heterocycles. The van der Waals surface area contributed by atoms with Gasteiger partial charge in [-0.25, -0.2) is 0 Å². The fraction of sp³-hybridized carbons (Fsp3) is 0.682. The minimum atomic E-state index is -0.797. The minimum absolute atomic E-state index is 0.0945. The van der Waals surface area contributed by atoms with E-state index >= 15 is 0 Å². The largest absolute Gasteiger partial charge is 0.462 e. The summed E-state index contributed by atoms with van der Waals surface area (Å²) in [5.41, 5.74) is 0. The highest BCUT2D eigenvalue weighted by Crippen LogP contribution is 2.15. The molecule has 0 amide bonds. The molecule has 0 aromatic heterocycles. The van der Waals surface area contributed by atoms with E-state index in [1.807, 2.05) is 0 Å². The minimum Gasteiger partial charge on any atom is -0.462 e. The van der Waals surface area contributed by atoms with Gasteiger partial charge in [0, 0.05) is 19.3 Å². The highest BCUT2D eigenvalue weighted by Gasteiger charge is 2.19. The average Bonchev–Trinajstić information content (AvgIpc) is 3.38. The van der Waals surface area contributed by atoms with Crippen molar-refractivity contribution in [3.63, 3.8) is 0 Å². The number of unbranched alkanes of at least 4 members (excludes halogenated alkanes) is 24. The quantitative estimate of drug-likeness (QED) is 0.0261. The summed E-state index contributed by atoms with van der Waals surface area (Å²) in [7, 11) is 0. The summed E-state index contributed by atoms with van der Waals surface area (Å²) < 4.78 is 16.9. The number of carbonyl (C=O) groups is 3. The number of rotatable bonds is 53. The molecule has 0 radical (unpaired) electrons. The molecule has 0 bridgehead atoms. The Morgan fingerprint density at radius 2 is 0.556 bits per heavy atom. The van der Waals surface area contributed by atoms with Crippen LogP contribution in [0.25, 0.3) is 0 Å². The first-order valence-corrected chi connectivity index (χ1v) is 29.9. The highest BCUT2D eigenvalue weighted by atomic mass is 16.6. The zero-order chi connectivity index (χ0) is 52.2. The summed E-state index contributed by atoms with van der Waals surface area (Å²) in [6.07, 6.45) is 80.7. The summed E-state index contributed by atoms with van der Waals surface area (Å²) >= 11 is 0. The van der Waals surface area contributed by atoms with Crippen molar-refractivity contribution in [1.82, 2.24) is 0 Å². The molecule has 0 aliphatic rings. The van der Waals surface area contributed by atoms with Gasteiger partial charge >= 0.3 is 17.9 Å². The lowest BCUT2D eigenvalue weighted by Crippen LogP contribution is -2.30. The van der Waals surface area contributed by atoms with E-state index in [0.717, 1.165) is 141 Å². The summed E-state index contributed by atoms with van der Waals surface area (Å²) in [6.45, 7) is 6.44. The number of carbonyl (C=O) groups excluding carboxylic acids is 3. The second kappa shape index (κ2) is 59.6. The Morgan fingerprint density at radius 1 is 0.292 bits per heavy atom. The normalized spacial score (nSPS) is 12.9. The molecule has 0 saturated heterocycles. The first-order chi connectivity index (χ1) is 35.5. The molecule has 0 saturated carbocycles. The van der Waals surface area contributed by atoms with Gasteiger partial charge in [0.05, 0.1) is 0 Å². The summed E-state index contributed by atoms with van der Waals surface area (Å²) in [4.78, 5) is 38.2. The van der Waals surface area contributed by atoms with Crippen LogP contribution >= 0.6 is 0 Å². The Labute approximate surface area is 444 Å². The molecule has 0 N–H and O–H groups in total. The van der Waals surface area contributed by atoms with Gasteiger partial charge in [-0.2, -0.15) is 0 Å². The summed E-state index contributed by atoms with van der Waals surface area (Å²) in [5, 5.41) is 0. The summed E-state index contributed by atoms with van der Waals surface area (Å²) in [5.74, 6) is -0.928. The Balaban J connectivity index is 4.44. The van der Waals surface area contributed by atoms with Gasteiger partial charge in [-0.05, 0) is 122 Å². The van der Waals surface area contributed by atoms with Gasteiger partial charge < -0.3 is 14.2 Å². The van der Waals surface area contributed by atoms with Gasteiger partial charge in [0.25, 0.3) is 0 Å². The lowest BCUT2D eigenvalue weighted by atomic mass is 10.1. The van der Waals surface area contributed by atoms with Crippen LogP contribution in [0.15, 0.2) is 109 Å². The number of esters is 3. The van der Waals surface area contributed by atoms with Crippen LogP contribution in [0.3, 0.4) is 0 Å². The fourth-order valence-corrected chi connectivity index (χ4v) is 7.99. The molecule has 1 unspecified atom stereocenters. The SMILES string of the molecule is CC/C=C\C/C=C\C/C=C\C/C=C\C/C=C\CCCCCCCC(=O)OCC(COC(=O)CCCCCCC/C=C\C/C=C\CCCC)OC(=O)CCCCCCCCCCC/C=C\C/C=C\CCCCC. The van der Waals surface area contributed by atoms with Crippen LogP contribution in [0.2, 0.25) is 0 Å². The van der Waals surface area contributed by atoms with Crippen molar-refractivity contribution < 1.29 is 28.6 Å². The molecule has 0 rings (SSSR count). The van der Waals surface area contributed by atoms with Crippen LogP contribution in [0, 0.1) is 0 Å². The molecule has 0 aliphatic carbocycles. The van der Waals surface area contributed by atoms with E-state index < -0.39 is 6.10 Å². The predicted octanol–water partition coefficient (Wildman–Crippen LogP) is 20.3. The van der Waals surface area contributed by atoms with Crippen molar-refractivity contribution in [3.8, 4) is 0 Å². The van der Waals surface area contributed by atoms with Crippen molar-refractivity contribution in [2.24, 2.45) is 0 Å². The van der Waals surface area contributed by atoms with Crippen LogP contribution in [-0.4, -0.2) is 37.2 Å². The van der Waals surface area contributed by atoms with Gasteiger partial charge in [-0.3, -0.25) is 14.4 Å². The average molecular weight is 1000 g/mol. The molecule has 0 aromatic rings. The van der Waals surface area contributed by atoms with Crippen LogP contribution in [0.5, 0.6) is 0 Å². The molecular weight excluding hydrogens is 889 g/mol. The third kappa shape index (κ3) is 57.0. The number of hydrogen-bond donors (Lipinski definition) is 0. The molecular formula is C66H110O6. The molecule has 1 atom stereocenters. The molecule has 6 nitrogen and oxygen atoms in total. The fourth-order valence-electron chi connectivity index (χ4n) is 7.99. The van der Waals surface area contributed by atoms with Crippen molar-refractivity contribution in [1.29, 1.82) is 0 Å². The topological polar surface area (TPSA) is 78.9 Å². The van der Waals surface area contributed by atoms with Crippen molar-refractivity contribution in [2.45, 2.75) is 277 Å². The first-order valence-electron chi connectivity index (χ1n) is 29.9. The second-order valence-corrected chi connectivity index (χ2v) is 19.5. The number of hydrogen-bond acceptors (Lipinski definition) is 6. The van der Waals surface area contributed by atoms with E-state index in [4.69, 9.17) is 14.2 Å². The summed E-state index contributed by atoms with van der Waals surface area (Å²) in [6, 6.07) is 0. The lowest BCUT2D eigenvalue weighted by Gasteiger charge is -2.18. The van der Waals surface area contributed by atoms with E-state index in [0.29, 0.717) is 19.3 Å². The molecule has 72 heavy (non-hydrogen) atoms. The Bertz CT molecular complexity index is 1470. The van der Waals surface area contributed by atoms with Crippen molar-refractivity contribution >= 4 is 17.9 Å². The Hall–Kier alpha value is -3.93. The maximum absolute atomic E-state index is 12.9. The van der Waals surface area contributed by atoms with Crippen LogP contribution in [-0.2, 0) is 28.6 Å². The maximum Gasteiger partial charge on any atom is 0.306 e. The highest BCUT2D eigenvalue weighted by molar-refractivity contribution is 5.71. The Morgan fingerprint density at radius 3 is 0.889 bits per heavy atom. The molecule has 0 spiro atoms. The molecule has 6 heteroatoms. The number of ether oxygens (including phenoxy) is 3. The van der Waals surface area contributed by atoms with Gasteiger partial charge in [-0.1, -0.05) is 239 Å². The van der Waals surface area contributed by atoms with Gasteiger partial charge in [0.2, 0.25) is 0 Å². The molecule has 410 valence electrons. The second-order valence-electron chi connectivity index (χ2n) is 19.5. The third-order valence-corrected chi connectivity index (χ3v) is 12.5. The van der Waals surface area contributed by atoms with Crippen LogP contribution in [0.1, 0.15) is 271 Å². The monoisotopic (exact) mass is 999 g/mol. The number of allylic oxidation sites excluding steroid dienone is 18. The molecule has 0 aromatic carbocycles. The first kappa shape index (κ1) is 68.1. The Kier molecular flexibility index (Phi) is 56.4. The van der Waals surface area contributed by atoms with Crippen LogP contribution in [0.4, 0.5) is 0 Å². The van der Waals surface area contributed by atoms with E-state index in [2.05, 4.69) is 130 Å². The van der Waals surface area contributed by atoms with Gasteiger partial charge in [0.15, 0.2) is 6.10 Å². The van der Waals surface area contributed by atoms with E-state index in [1.165, 1.54) is 89.9 Å². The van der Waals surface area contributed by atoms with Crippen molar-refractivity contribution in [2.75, 3.05) is 13.2 Å². The maximum atomic E-state index is 12.9. The zero-order valence-corrected chi connectivity index (χ0v) is 46.9. The third-order valence-electron chi connectivity index (χ3n) is 12.5. The van der Waals surface area contributed by atoms with Gasteiger partial charge in [0.1, 0.15) is 13.2 Å². The smallest absolute Gasteiger partial charge is 0.306 e. The van der Waals surface area contributed by atoms with Crippen molar-refractivity contribution in [3.05, 3.63) is 109 Å². The molecule has 0 heterocycles. The standard InChI is InChI=1S/C66H110O6/c1-4-7-10-13-16-19-22-25-28-30-32-33-35-36-38-41-44-47-50-53-56-59-65(68)71-62-63(61-70-64(67)58-55-52-49-46-43-40-27-24-21-18-15-12-9-6-3)72-66(69)60-57-54-51-48-45-42-39-37-34-31-29-26-23-20-17-14-11-8-5-2/h7,10,15-20,24-29,32-33,36,38,63H,4-6,8-9,11-14,21-23,30-31,34-35,37,39-62H2,1-3H3/b10-7-,18-15-,19-16-,20-17-,27-24-,28-25-,29-26-,33-32-,38-36-. The van der Waals surface area contributed by atoms with E-state index in [1.54, 1.807) is 0 Å². The van der Waals surface area contributed by atoms with E-state index in [-0.39, 0.29) is 31.1 Å². The zero-order valence-electron chi connectivity index (χ0n) is 46.9. The van der Waals surface area contributed by atoms with E-state index in [9.17, 15) is 14.4 Å².